The number of para-hydroxylation sites is 1. The molecular formula is C27H27N3O2S. The van der Waals surface area contributed by atoms with Gasteiger partial charge in [0.2, 0.25) is 10.8 Å². The highest BCUT2D eigenvalue weighted by Crippen LogP contribution is 2.55. The fraction of sp³-hybridized carbons (Fsp3) is 0.333. The van der Waals surface area contributed by atoms with E-state index < -0.39 is 4.87 Å². The van der Waals surface area contributed by atoms with Crippen LogP contribution < -0.4 is 9.80 Å². The topological polar surface area (TPSA) is 43.9 Å². The van der Waals surface area contributed by atoms with Crippen LogP contribution in [0.25, 0.3) is 10.8 Å². The Bertz CT molecular complexity index is 1250. The van der Waals surface area contributed by atoms with Gasteiger partial charge in [-0.25, -0.2) is 0 Å². The van der Waals surface area contributed by atoms with Gasteiger partial charge in [0, 0.05) is 24.3 Å². The van der Waals surface area contributed by atoms with Gasteiger partial charge in [-0.15, -0.1) is 11.8 Å². The van der Waals surface area contributed by atoms with E-state index in [1.54, 1.807) is 4.90 Å². The lowest BCUT2D eigenvalue weighted by atomic mass is 10.00. The largest absolute Gasteiger partial charge is 0.295 e. The number of hydrogen-bond donors (Lipinski definition) is 0. The molecular weight excluding hydrogens is 430 g/mol. The van der Waals surface area contributed by atoms with Crippen LogP contribution in [0.4, 0.5) is 11.4 Å². The summed E-state index contributed by atoms with van der Waals surface area (Å²) in [5.41, 5.74) is 2.62. The van der Waals surface area contributed by atoms with E-state index in [9.17, 15) is 9.59 Å². The van der Waals surface area contributed by atoms with Crippen molar-refractivity contribution in [2.45, 2.75) is 24.6 Å². The molecule has 5 nitrogen and oxygen atoms in total. The van der Waals surface area contributed by atoms with Gasteiger partial charge < -0.3 is 0 Å². The summed E-state index contributed by atoms with van der Waals surface area (Å²) in [4.78, 5) is 32.5. The molecule has 3 heterocycles. The van der Waals surface area contributed by atoms with Crippen LogP contribution in [0.5, 0.6) is 0 Å². The Hall–Kier alpha value is -2.83. The predicted molar refractivity (Wildman–Crippen MR) is 134 cm³/mol. The highest BCUT2D eigenvalue weighted by molar-refractivity contribution is 8.02. The minimum Gasteiger partial charge on any atom is -0.295 e. The first kappa shape index (κ1) is 20.8. The maximum atomic E-state index is 14.2. The zero-order valence-corrected chi connectivity index (χ0v) is 19.6. The zero-order chi connectivity index (χ0) is 22.6. The van der Waals surface area contributed by atoms with E-state index in [2.05, 4.69) is 17.9 Å². The number of nitrogens with zero attached hydrogens (tertiary/aromatic N) is 3. The molecule has 3 aliphatic heterocycles. The molecule has 3 aromatic carbocycles. The van der Waals surface area contributed by atoms with Gasteiger partial charge >= 0.3 is 0 Å². The van der Waals surface area contributed by atoms with Gasteiger partial charge in [0.25, 0.3) is 5.91 Å². The molecule has 2 amide bonds. The number of rotatable bonds is 3. The van der Waals surface area contributed by atoms with Gasteiger partial charge in [0.15, 0.2) is 0 Å². The first-order valence-electron chi connectivity index (χ1n) is 11.7. The van der Waals surface area contributed by atoms with E-state index >= 15 is 0 Å². The van der Waals surface area contributed by atoms with Crippen LogP contribution in [0.15, 0.2) is 66.7 Å². The average molecular weight is 458 g/mol. The third-order valence-electron chi connectivity index (χ3n) is 7.27. The summed E-state index contributed by atoms with van der Waals surface area (Å²) in [5.74, 6) is 1.00. The van der Waals surface area contributed by atoms with Crippen LogP contribution in [0, 0.1) is 5.92 Å². The Morgan fingerprint density at radius 2 is 1.67 bits per heavy atom. The van der Waals surface area contributed by atoms with E-state index in [0.717, 1.165) is 59.6 Å². The molecule has 0 unspecified atom stereocenters. The van der Waals surface area contributed by atoms with Crippen LogP contribution in [0.2, 0.25) is 0 Å². The molecule has 1 atom stereocenters. The molecule has 168 valence electrons. The molecule has 2 fully saturated rings. The molecule has 0 radical (unpaired) electrons. The van der Waals surface area contributed by atoms with E-state index in [1.807, 2.05) is 65.6 Å². The fourth-order valence-electron chi connectivity index (χ4n) is 5.42. The Kier molecular flexibility index (Phi) is 4.96. The fourth-order valence-corrected chi connectivity index (χ4v) is 6.77. The maximum Gasteiger partial charge on any atom is 0.269 e. The van der Waals surface area contributed by atoms with Gasteiger partial charge in [-0.2, -0.15) is 0 Å². The molecule has 3 aromatic rings. The highest BCUT2D eigenvalue weighted by atomic mass is 32.2. The van der Waals surface area contributed by atoms with Gasteiger partial charge in [0.1, 0.15) is 0 Å². The Balaban J connectivity index is 1.43. The molecule has 0 N–H and O–H groups in total. The number of amides is 2. The maximum absolute atomic E-state index is 14.2. The normalized spacial score (nSPS) is 23.8. The first-order chi connectivity index (χ1) is 16.1. The number of carbonyl (C=O) groups excluding carboxylic acids is 2. The van der Waals surface area contributed by atoms with Crippen molar-refractivity contribution in [2.24, 2.45) is 5.92 Å². The monoisotopic (exact) mass is 457 g/mol. The number of likely N-dealkylation sites (tertiary alicyclic amines) is 1. The first-order valence-corrected chi connectivity index (χ1v) is 12.7. The van der Waals surface area contributed by atoms with Gasteiger partial charge in [-0.3, -0.25) is 24.3 Å². The summed E-state index contributed by atoms with van der Waals surface area (Å²) in [6, 6.07) is 22.2. The minimum atomic E-state index is -1.04. The van der Waals surface area contributed by atoms with Crippen molar-refractivity contribution < 1.29 is 9.59 Å². The molecule has 0 bridgehead atoms. The highest BCUT2D eigenvalue weighted by Gasteiger charge is 2.61. The lowest BCUT2D eigenvalue weighted by Crippen LogP contribution is -2.52. The lowest BCUT2D eigenvalue weighted by Gasteiger charge is -2.36. The number of carbonyl (C=O) groups is 2. The number of benzene rings is 3. The van der Waals surface area contributed by atoms with E-state index in [4.69, 9.17) is 0 Å². The van der Waals surface area contributed by atoms with Crippen LogP contribution in [-0.2, 0) is 14.5 Å². The molecule has 6 heteroatoms. The second-order valence-electron chi connectivity index (χ2n) is 9.39. The smallest absolute Gasteiger partial charge is 0.269 e. The molecule has 3 aliphatic rings. The van der Waals surface area contributed by atoms with E-state index in [1.165, 1.54) is 11.8 Å². The third kappa shape index (κ3) is 3.19. The van der Waals surface area contributed by atoms with Gasteiger partial charge in [-0.1, -0.05) is 55.5 Å². The van der Waals surface area contributed by atoms with Crippen molar-refractivity contribution in [1.82, 2.24) is 4.90 Å². The Labute approximate surface area is 198 Å². The SMILES string of the molecule is CC1CCN(CN2C(=O)[C@]3(SCC(=O)N3c3ccc4ccccc4c3)c3ccccc32)CC1. The predicted octanol–water partition coefficient (Wildman–Crippen LogP) is 4.81. The summed E-state index contributed by atoms with van der Waals surface area (Å²) in [6.07, 6.45) is 2.32. The Morgan fingerprint density at radius 3 is 2.48 bits per heavy atom. The summed E-state index contributed by atoms with van der Waals surface area (Å²) in [6.45, 7) is 4.87. The second-order valence-corrected chi connectivity index (χ2v) is 10.6. The van der Waals surface area contributed by atoms with Crippen molar-refractivity contribution in [3.8, 4) is 0 Å². The standard InChI is InChI=1S/C27H27N3O2S/c1-19-12-14-28(15-13-19)18-29-24-9-5-4-8-23(24)27(26(29)32)30(25(31)17-33-27)22-11-10-20-6-2-3-7-21(20)16-22/h2-11,16,19H,12-15,17-18H2,1H3/t27-/m1/s1. The Morgan fingerprint density at radius 1 is 0.939 bits per heavy atom. The van der Waals surface area contributed by atoms with Crippen molar-refractivity contribution in [1.29, 1.82) is 0 Å². The van der Waals surface area contributed by atoms with Crippen molar-refractivity contribution in [2.75, 3.05) is 35.3 Å². The van der Waals surface area contributed by atoms with Crippen LogP contribution >= 0.6 is 11.8 Å². The summed E-state index contributed by atoms with van der Waals surface area (Å²) in [7, 11) is 0. The van der Waals surface area contributed by atoms with Gasteiger partial charge in [0.05, 0.1) is 18.1 Å². The minimum absolute atomic E-state index is 0.00803. The third-order valence-corrected chi connectivity index (χ3v) is 8.66. The van der Waals surface area contributed by atoms with Crippen molar-refractivity contribution in [3.05, 3.63) is 72.3 Å². The average Bonchev–Trinajstić information content (AvgIpc) is 3.31. The molecule has 0 aliphatic carbocycles. The van der Waals surface area contributed by atoms with Crippen molar-refractivity contribution in [3.63, 3.8) is 0 Å². The van der Waals surface area contributed by atoms with E-state index in [-0.39, 0.29) is 11.8 Å². The number of fused-ring (bicyclic) bond motifs is 3. The zero-order valence-electron chi connectivity index (χ0n) is 18.7. The summed E-state index contributed by atoms with van der Waals surface area (Å²) >= 11 is 1.45. The number of piperidine rings is 1. The number of hydrogen-bond acceptors (Lipinski definition) is 4. The molecule has 6 rings (SSSR count). The van der Waals surface area contributed by atoms with Crippen LogP contribution in [0.1, 0.15) is 25.3 Å². The molecule has 2 saturated heterocycles. The van der Waals surface area contributed by atoms with E-state index in [0.29, 0.717) is 12.4 Å². The molecule has 0 saturated carbocycles. The van der Waals surface area contributed by atoms with Crippen molar-refractivity contribution >= 4 is 45.7 Å². The summed E-state index contributed by atoms with van der Waals surface area (Å²) in [5, 5.41) is 2.18. The number of thioether (sulfide) groups is 1. The van der Waals surface area contributed by atoms with Crippen LogP contribution in [0.3, 0.4) is 0 Å². The molecule has 33 heavy (non-hydrogen) atoms. The molecule has 1 spiro atoms. The van der Waals surface area contributed by atoms with Gasteiger partial charge in [-0.05, 0) is 47.7 Å². The second kappa shape index (κ2) is 7.89. The van der Waals surface area contributed by atoms with Crippen LogP contribution in [-0.4, -0.2) is 42.2 Å². The lowest BCUT2D eigenvalue weighted by molar-refractivity contribution is -0.124. The quantitative estimate of drug-likeness (QED) is 0.566. The summed E-state index contributed by atoms with van der Waals surface area (Å²) < 4.78 is 0. The molecule has 0 aromatic heterocycles. The number of anilines is 2.